The molecule has 1 aliphatic rings. The van der Waals surface area contributed by atoms with E-state index in [1.807, 2.05) is 61.5 Å². The third kappa shape index (κ3) is 4.35. The van der Waals surface area contributed by atoms with Gasteiger partial charge in [0.05, 0.1) is 17.2 Å². The van der Waals surface area contributed by atoms with Crippen LogP contribution in [0.5, 0.6) is 5.75 Å². The first-order valence-electron chi connectivity index (χ1n) is 9.11. The Morgan fingerprint density at radius 2 is 1.97 bits per heavy atom. The Balaban J connectivity index is 1.73. The molecule has 0 radical (unpaired) electrons. The van der Waals surface area contributed by atoms with Crippen LogP contribution in [0.1, 0.15) is 12.5 Å². The maximum Gasteiger partial charge on any atom is 0.271 e. The van der Waals surface area contributed by atoms with Gasteiger partial charge in [0.1, 0.15) is 5.75 Å². The molecule has 1 aliphatic heterocycles. The summed E-state index contributed by atoms with van der Waals surface area (Å²) in [6.45, 7) is 2.52. The van der Waals surface area contributed by atoms with Gasteiger partial charge in [0.2, 0.25) is 0 Å². The number of amides is 1. The fraction of sp³-hybridized carbons (Fsp3) is 0.0909. The van der Waals surface area contributed by atoms with E-state index in [1.54, 1.807) is 29.6 Å². The summed E-state index contributed by atoms with van der Waals surface area (Å²) in [6.07, 6.45) is 6.92. The van der Waals surface area contributed by atoms with Gasteiger partial charge in [0.15, 0.2) is 11.0 Å². The number of aromatic nitrogens is 2. The molecule has 0 bridgehead atoms. The van der Waals surface area contributed by atoms with E-state index in [0.29, 0.717) is 22.5 Å². The van der Waals surface area contributed by atoms with Crippen molar-refractivity contribution in [1.82, 2.24) is 9.97 Å². The van der Waals surface area contributed by atoms with Crippen LogP contribution in [-0.2, 0) is 4.79 Å². The first kappa shape index (κ1) is 18.9. The van der Waals surface area contributed by atoms with E-state index in [2.05, 4.69) is 15.0 Å². The summed E-state index contributed by atoms with van der Waals surface area (Å²) in [7, 11) is 0. The molecule has 29 heavy (non-hydrogen) atoms. The third-order valence-corrected chi connectivity index (χ3v) is 5.02. The zero-order chi connectivity index (χ0) is 20.1. The third-order valence-electron chi connectivity index (χ3n) is 4.05. The van der Waals surface area contributed by atoms with Crippen molar-refractivity contribution in [3.63, 3.8) is 0 Å². The second-order valence-electron chi connectivity index (χ2n) is 6.05. The summed E-state index contributed by atoms with van der Waals surface area (Å²) in [5.74, 6) is 1.16. The Bertz CT molecular complexity index is 1050. The number of nitrogens with zero attached hydrogens (tertiary/aromatic N) is 4. The summed E-state index contributed by atoms with van der Waals surface area (Å²) in [6, 6.07) is 16.6. The minimum Gasteiger partial charge on any atom is -0.494 e. The summed E-state index contributed by atoms with van der Waals surface area (Å²) in [5, 5.41) is 0.549. The smallest absolute Gasteiger partial charge is 0.271 e. The van der Waals surface area contributed by atoms with E-state index in [-0.39, 0.29) is 5.91 Å². The number of hydrogen-bond donors (Lipinski definition) is 0. The second-order valence-corrected chi connectivity index (χ2v) is 7.06. The zero-order valence-electron chi connectivity index (χ0n) is 15.7. The highest BCUT2D eigenvalue weighted by molar-refractivity contribution is 8.19. The number of benzene rings is 1. The van der Waals surface area contributed by atoms with E-state index < -0.39 is 0 Å². The van der Waals surface area contributed by atoms with E-state index in [1.165, 1.54) is 11.8 Å². The standard InChI is InChI=1S/C22H18N4O2S/c1-2-28-18-10-8-17(9-11-18)26-21(27)19(14-16-6-5-12-23-15-16)29-22(26)25-20-7-3-4-13-24-20/h3-15H,2H2,1H3/b19-14-,25-22-. The molecule has 0 atom stereocenters. The topological polar surface area (TPSA) is 67.7 Å². The highest BCUT2D eigenvalue weighted by Crippen LogP contribution is 2.37. The lowest BCUT2D eigenvalue weighted by Gasteiger charge is -2.16. The molecule has 0 spiro atoms. The van der Waals surface area contributed by atoms with E-state index >= 15 is 0 Å². The van der Waals surface area contributed by atoms with Gasteiger partial charge in [0.25, 0.3) is 5.91 Å². The van der Waals surface area contributed by atoms with Crippen molar-refractivity contribution in [3.8, 4) is 5.75 Å². The highest BCUT2D eigenvalue weighted by atomic mass is 32.2. The lowest BCUT2D eigenvalue weighted by molar-refractivity contribution is -0.113. The van der Waals surface area contributed by atoms with Crippen LogP contribution in [0.2, 0.25) is 0 Å². The average molecular weight is 402 g/mol. The van der Waals surface area contributed by atoms with Crippen LogP contribution < -0.4 is 9.64 Å². The summed E-state index contributed by atoms with van der Waals surface area (Å²) in [4.78, 5) is 28.3. The van der Waals surface area contributed by atoms with Gasteiger partial charge in [0, 0.05) is 18.6 Å². The van der Waals surface area contributed by atoms with Gasteiger partial charge >= 0.3 is 0 Å². The van der Waals surface area contributed by atoms with Crippen molar-refractivity contribution < 1.29 is 9.53 Å². The molecular weight excluding hydrogens is 384 g/mol. The monoisotopic (exact) mass is 402 g/mol. The Morgan fingerprint density at radius 1 is 1.10 bits per heavy atom. The lowest BCUT2D eigenvalue weighted by Crippen LogP contribution is -2.28. The summed E-state index contributed by atoms with van der Waals surface area (Å²) < 4.78 is 5.51. The van der Waals surface area contributed by atoms with Crippen LogP contribution in [0.25, 0.3) is 6.08 Å². The molecule has 0 aliphatic carbocycles. The Kier molecular flexibility index (Phi) is 5.67. The molecule has 0 N–H and O–H groups in total. The maximum absolute atomic E-state index is 13.2. The fourth-order valence-corrected chi connectivity index (χ4v) is 3.75. The van der Waals surface area contributed by atoms with Gasteiger partial charge < -0.3 is 4.74 Å². The zero-order valence-corrected chi connectivity index (χ0v) is 16.5. The number of carbonyl (C=O) groups is 1. The number of hydrogen-bond acceptors (Lipinski definition) is 6. The molecular formula is C22H18N4O2S. The van der Waals surface area contributed by atoms with Gasteiger partial charge in [-0.15, -0.1) is 0 Å². The Morgan fingerprint density at radius 3 is 2.66 bits per heavy atom. The number of carbonyl (C=O) groups excluding carboxylic acids is 1. The Hall–Kier alpha value is -3.45. The molecule has 3 heterocycles. The van der Waals surface area contributed by atoms with Crippen molar-refractivity contribution in [3.05, 3.63) is 83.7 Å². The molecule has 2 aromatic heterocycles. The normalized spacial score (nSPS) is 16.6. The molecule has 1 saturated heterocycles. The molecule has 7 heteroatoms. The molecule has 6 nitrogen and oxygen atoms in total. The molecule has 1 aromatic carbocycles. The Labute approximate surface area is 173 Å². The minimum absolute atomic E-state index is 0.141. The van der Waals surface area contributed by atoms with Crippen molar-refractivity contribution in [2.45, 2.75) is 6.92 Å². The predicted molar refractivity (Wildman–Crippen MR) is 116 cm³/mol. The number of amidine groups is 1. The lowest BCUT2D eigenvalue weighted by atomic mass is 10.2. The van der Waals surface area contributed by atoms with Gasteiger partial charge in [-0.1, -0.05) is 12.1 Å². The van der Waals surface area contributed by atoms with Gasteiger partial charge in [-0.3, -0.25) is 14.7 Å². The summed E-state index contributed by atoms with van der Waals surface area (Å²) in [5.41, 5.74) is 1.57. The van der Waals surface area contributed by atoms with Gasteiger partial charge in [-0.05, 0) is 72.8 Å². The van der Waals surface area contributed by atoms with Crippen LogP contribution in [0.15, 0.2) is 83.1 Å². The first-order valence-corrected chi connectivity index (χ1v) is 9.93. The molecule has 0 unspecified atom stereocenters. The van der Waals surface area contributed by atoms with Crippen molar-refractivity contribution >= 4 is 40.4 Å². The second kappa shape index (κ2) is 8.70. The van der Waals surface area contributed by atoms with E-state index in [4.69, 9.17) is 4.74 Å². The average Bonchev–Trinajstić information content (AvgIpc) is 3.05. The maximum atomic E-state index is 13.2. The van der Waals surface area contributed by atoms with Gasteiger partial charge in [-0.25, -0.2) is 9.98 Å². The van der Waals surface area contributed by atoms with Crippen molar-refractivity contribution in [2.75, 3.05) is 11.5 Å². The number of pyridine rings is 2. The summed E-state index contributed by atoms with van der Waals surface area (Å²) >= 11 is 1.31. The molecule has 1 fully saturated rings. The molecule has 4 rings (SSSR count). The first-order chi connectivity index (χ1) is 14.2. The molecule has 3 aromatic rings. The molecule has 0 saturated carbocycles. The minimum atomic E-state index is -0.141. The number of ether oxygens (including phenoxy) is 1. The van der Waals surface area contributed by atoms with E-state index in [9.17, 15) is 4.79 Å². The number of aliphatic imine (C=N–C) groups is 1. The van der Waals surface area contributed by atoms with Crippen LogP contribution in [-0.4, -0.2) is 27.6 Å². The number of anilines is 1. The van der Waals surface area contributed by atoms with Crippen molar-refractivity contribution in [1.29, 1.82) is 0 Å². The molecule has 144 valence electrons. The quantitative estimate of drug-likeness (QED) is 0.580. The largest absolute Gasteiger partial charge is 0.494 e. The van der Waals surface area contributed by atoms with Gasteiger partial charge in [-0.2, -0.15) is 0 Å². The highest BCUT2D eigenvalue weighted by Gasteiger charge is 2.34. The van der Waals surface area contributed by atoms with Crippen LogP contribution in [0.4, 0.5) is 11.5 Å². The van der Waals surface area contributed by atoms with Crippen LogP contribution >= 0.6 is 11.8 Å². The number of rotatable bonds is 5. The molecule has 1 amide bonds. The van der Waals surface area contributed by atoms with Crippen molar-refractivity contribution in [2.24, 2.45) is 4.99 Å². The van der Waals surface area contributed by atoms with Crippen LogP contribution in [0, 0.1) is 0 Å². The van der Waals surface area contributed by atoms with E-state index in [0.717, 1.165) is 17.0 Å². The van der Waals surface area contributed by atoms with Crippen LogP contribution in [0.3, 0.4) is 0 Å². The number of thioether (sulfide) groups is 1. The SMILES string of the molecule is CCOc1ccc(N2C(=O)/C(=C/c3cccnc3)S/C2=N\c2ccccn2)cc1. The predicted octanol–water partition coefficient (Wildman–Crippen LogP) is 4.68. The fourth-order valence-electron chi connectivity index (χ4n) is 2.77.